The second-order valence-electron chi connectivity index (χ2n) is 2.17. The SMILES string of the molecule is N[C@@H](CCC(=O)OP=O)C(=O)OP=O. The molecule has 0 saturated heterocycles. The monoisotopic (exact) mass is 239 g/mol. The average molecular weight is 239 g/mol. The molecule has 1 atom stereocenters. The van der Waals surface area contributed by atoms with E-state index in [0.717, 1.165) is 0 Å². The van der Waals surface area contributed by atoms with Crippen LogP contribution in [-0.2, 0) is 27.8 Å². The van der Waals surface area contributed by atoms with Crippen LogP contribution in [0.15, 0.2) is 0 Å². The Balaban J connectivity index is 3.77. The quantitative estimate of drug-likeness (QED) is 0.674. The van der Waals surface area contributed by atoms with Gasteiger partial charge in [0, 0.05) is 6.42 Å². The van der Waals surface area contributed by atoms with E-state index in [-0.39, 0.29) is 12.8 Å². The first-order chi connectivity index (χ1) is 6.61. The van der Waals surface area contributed by atoms with Gasteiger partial charge < -0.3 is 14.8 Å². The number of rotatable bonds is 6. The zero-order valence-corrected chi connectivity index (χ0v) is 8.70. The fraction of sp³-hybridized carbons (Fsp3) is 0.600. The summed E-state index contributed by atoms with van der Waals surface area (Å²) in [6.07, 6.45) is -0.191. The molecule has 0 saturated carbocycles. The van der Waals surface area contributed by atoms with Crippen molar-refractivity contribution in [2.75, 3.05) is 0 Å². The smallest absolute Gasteiger partial charge is 0.373 e. The lowest BCUT2D eigenvalue weighted by Crippen LogP contribution is -2.31. The summed E-state index contributed by atoms with van der Waals surface area (Å²) in [5.74, 6) is -1.63. The molecule has 0 fully saturated rings. The summed E-state index contributed by atoms with van der Waals surface area (Å²) in [5.41, 5.74) is 5.24. The largest absolute Gasteiger partial charge is 0.398 e. The van der Waals surface area contributed by atoms with E-state index in [4.69, 9.17) is 5.73 Å². The molecule has 0 aromatic heterocycles. The van der Waals surface area contributed by atoms with Crippen LogP contribution in [-0.4, -0.2) is 18.0 Å². The van der Waals surface area contributed by atoms with Crippen molar-refractivity contribution in [2.24, 2.45) is 5.73 Å². The Morgan fingerprint density at radius 3 is 2.29 bits per heavy atom. The molecule has 0 spiro atoms. The third-order valence-electron chi connectivity index (χ3n) is 1.23. The summed E-state index contributed by atoms with van der Waals surface area (Å²) >= 11 is 0. The molecule has 0 radical (unpaired) electrons. The standard InChI is InChI=1S/C5H7NO6P2/c6-3(5(8)12-14-10)1-2-4(7)11-13-9/h3H,1-2,6H2/t3-/m0/s1. The maximum Gasteiger partial charge on any atom is 0.398 e. The lowest BCUT2D eigenvalue weighted by molar-refractivity contribution is -0.136. The minimum atomic E-state index is -1.05. The normalized spacial score (nSPS) is 12.4. The van der Waals surface area contributed by atoms with Crippen molar-refractivity contribution in [1.29, 1.82) is 0 Å². The first-order valence-electron chi connectivity index (χ1n) is 3.43. The summed E-state index contributed by atoms with van der Waals surface area (Å²) in [6.45, 7) is 0. The first-order valence-corrected chi connectivity index (χ1v) is 4.89. The van der Waals surface area contributed by atoms with Crippen LogP contribution in [0.3, 0.4) is 0 Å². The number of nitrogens with two attached hydrogens (primary N) is 1. The number of hydrogen-bond acceptors (Lipinski definition) is 7. The molecule has 0 aromatic rings. The van der Waals surface area contributed by atoms with Crippen LogP contribution in [0.5, 0.6) is 0 Å². The predicted octanol–water partition coefficient (Wildman–Crippen LogP) is 0.594. The highest BCUT2D eigenvalue weighted by Gasteiger charge is 2.17. The molecule has 2 N–H and O–H groups in total. The van der Waals surface area contributed by atoms with Crippen LogP contribution in [0.4, 0.5) is 0 Å². The Morgan fingerprint density at radius 1 is 1.21 bits per heavy atom. The van der Waals surface area contributed by atoms with Crippen molar-refractivity contribution >= 4 is 29.3 Å². The fourth-order valence-electron chi connectivity index (χ4n) is 0.583. The second kappa shape index (κ2) is 7.50. The van der Waals surface area contributed by atoms with Crippen molar-refractivity contribution in [3.63, 3.8) is 0 Å². The van der Waals surface area contributed by atoms with Gasteiger partial charge in [0.25, 0.3) is 0 Å². The zero-order valence-electron chi connectivity index (χ0n) is 6.91. The van der Waals surface area contributed by atoms with Crippen molar-refractivity contribution < 1.29 is 27.8 Å². The van der Waals surface area contributed by atoms with Gasteiger partial charge in [-0.3, -0.25) is 4.79 Å². The van der Waals surface area contributed by atoms with Gasteiger partial charge in [0.15, 0.2) is 0 Å². The molecule has 0 aromatic carbocycles. The van der Waals surface area contributed by atoms with Crippen molar-refractivity contribution in [3.05, 3.63) is 0 Å². The van der Waals surface area contributed by atoms with E-state index in [0.29, 0.717) is 0 Å². The van der Waals surface area contributed by atoms with Crippen LogP contribution >= 0.6 is 17.4 Å². The third-order valence-corrected chi connectivity index (χ3v) is 1.76. The van der Waals surface area contributed by atoms with E-state index < -0.39 is 35.4 Å². The van der Waals surface area contributed by atoms with Gasteiger partial charge in [-0.05, 0) is 6.42 Å². The summed E-state index contributed by atoms with van der Waals surface area (Å²) in [6, 6.07) is -1.05. The maximum absolute atomic E-state index is 10.7. The summed E-state index contributed by atoms with van der Waals surface area (Å²) in [7, 11) is -1.54. The second-order valence-corrected chi connectivity index (χ2v) is 2.83. The van der Waals surface area contributed by atoms with E-state index >= 15 is 0 Å². The van der Waals surface area contributed by atoms with Crippen molar-refractivity contribution in [1.82, 2.24) is 0 Å². The summed E-state index contributed by atoms with van der Waals surface area (Å²) in [4.78, 5) is 21.4. The number of hydrogen-bond donors (Lipinski definition) is 1. The molecule has 0 rings (SSSR count). The molecule has 9 heteroatoms. The minimum absolute atomic E-state index is 0.0251. The van der Waals surface area contributed by atoms with Gasteiger partial charge in [0.2, 0.25) is 0 Å². The summed E-state index contributed by atoms with van der Waals surface area (Å²) in [5, 5.41) is 0. The van der Waals surface area contributed by atoms with E-state index in [1.165, 1.54) is 0 Å². The van der Waals surface area contributed by atoms with Gasteiger partial charge in [-0.1, -0.05) is 0 Å². The lowest BCUT2D eigenvalue weighted by Gasteiger charge is -2.05. The van der Waals surface area contributed by atoms with Crippen LogP contribution < -0.4 is 5.73 Å². The predicted molar refractivity (Wildman–Crippen MR) is 44.6 cm³/mol. The molecule has 14 heavy (non-hydrogen) atoms. The number of carbonyl (C=O) groups is 2. The fourth-order valence-corrected chi connectivity index (χ4v) is 0.966. The van der Waals surface area contributed by atoms with E-state index in [9.17, 15) is 18.7 Å². The van der Waals surface area contributed by atoms with Gasteiger partial charge in [-0.25, -0.2) is 13.9 Å². The molecule has 0 amide bonds. The Kier molecular flexibility index (Phi) is 7.02. The van der Waals surface area contributed by atoms with Gasteiger partial charge >= 0.3 is 29.3 Å². The van der Waals surface area contributed by atoms with E-state index in [1.807, 2.05) is 0 Å². The van der Waals surface area contributed by atoms with Crippen molar-refractivity contribution in [2.45, 2.75) is 18.9 Å². The molecule has 0 aliphatic rings. The Bertz CT molecular complexity index is 244. The molecule has 0 aliphatic heterocycles. The van der Waals surface area contributed by atoms with E-state index in [2.05, 4.69) is 9.05 Å². The summed E-state index contributed by atoms with van der Waals surface area (Å²) < 4.78 is 27.7. The van der Waals surface area contributed by atoms with Crippen LogP contribution in [0.1, 0.15) is 12.8 Å². The van der Waals surface area contributed by atoms with Gasteiger partial charge in [-0.15, -0.1) is 0 Å². The molecule has 7 nitrogen and oxygen atoms in total. The highest BCUT2D eigenvalue weighted by molar-refractivity contribution is 7.18. The topological polar surface area (TPSA) is 113 Å². The molecule has 0 heterocycles. The highest BCUT2D eigenvalue weighted by Crippen LogP contribution is 2.06. The molecule has 0 bridgehead atoms. The van der Waals surface area contributed by atoms with Gasteiger partial charge in [-0.2, -0.15) is 0 Å². The number of carbonyl (C=O) groups excluding carboxylic acids is 2. The molecule has 78 valence electrons. The van der Waals surface area contributed by atoms with Crippen LogP contribution in [0, 0.1) is 0 Å². The van der Waals surface area contributed by atoms with Crippen LogP contribution in [0.2, 0.25) is 0 Å². The minimum Gasteiger partial charge on any atom is -0.373 e. The Labute approximate surface area is 82.5 Å². The zero-order chi connectivity index (χ0) is 11.0. The van der Waals surface area contributed by atoms with Crippen molar-refractivity contribution in [3.8, 4) is 0 Å². The maximum atomic E-state index is 10.7. The van der Waals surface area contributed by atoms with Gasteiger partial charge in [0.05, 0.1) is 0 Å². The molecular formula is C5H7NO6P2. The molecule has 0 aliphatic carbocycles. The Morgan fingerprint density at radius 2 is 1.79 bits per heavy atom. The molecular weight excluding hydrogens is 232 g/mol. The average Bonchev–Trinajstić information content (AvgIpc) is 2.15. The third kappa shape index (κ3) is 5.70. The van der Waals surface area contributed by atoms with Crippen LogP contribution in [0.25, 0.3) is 0 Å². The Hall–Kier alpha value is -0.900. The lowest BCUT2D eigenvalue weighted by atomic mass is 10.2. The van der Waals surface area contributed by atoms with E-state index in [1.54, 1.807) is 0 Å². The van der Waals surface area contributed by atoms with Gasteiger partial charge in [0.1, 0.15) is 6.04 Å². The first kappa shape index (κ1) is 13.1. The molecule has 0 unspecified atom stereocenters. The highest BCUT2D eigenvalue weighted by atomic mass is 31.1.